The summed E-state index contributed by atoms with van der Waals surface area (Å²) in [7, 11) is 0. The zero-order valence-corrected chi connectivity index (χ0v) is 26.4. The van der Waals surface area contributed by atoms with Gasteiger partial charge in [-0.05, 0) is 49.7 Å². The van der Waals surface area contributed by atoms with E-state index in [4.69, 9.17) is 39.7 Å². The van der Waals surface area contributed by atoms with Gasteiger partial charge in [0.05, 0.1) is 71.8 Å². The zero-order chi connectivity index (χ0) is 31.9. The molecule has 0 spiro atoms. The van der Waals surface area contributed by atoms with Crippen molar-refractivity contribution in [1.29, 1.82) is 0 Å². The van der Waals surface area contributed by atoms with Crippen molar-refractivity contribution in [2.75, 3.05) is 107 Å². The number of fused-ring (bicyclic) bond motifs is 1. The second-order valence-corrected chi connectivity index (χ2v) is 10.4. The van der Waals surface area contributed by atoms with Crippen LogP contribution >= 0.6 is 0 Å². The molecule has 0 amide bonds. The summed E-state index contributed by atoms with van der Waals surface area (Å²) < 4.78 is 33.8. The van der Waals surface area contributed by atoms with Crippen LogP contribution in [0.15, 0.2) is 63.9 Å². The minimum atomic E-state index is -0.545. The summed E-state index contributed by atoms with van der Waals surface area (Å²) in [6, 6.07) is 15.3. The SMILES string of the molecule is CCN(CC)c1ccc2cc(N(N)/C=C(\N)c3ccc(N4CCOCCOCCOCCOCCOCC4)cc3)c(=O)oc2c1. The van der Waals surface area contributed by atoms with Crippen molar-refractivity contribution in [3.63, 3.8) is 0 Å². The lowest BCUT2D eigenvalue weighted by Crippen LogP contribution is -2.31. The summed E-state index contributed by atoms with van der Waals surface area (Å²) >= 11 is 0. The van der Waals surface area contributed by atoms with E-state index in [1.54, 1.807) is 6.07 Å². The molecule has 1 aliphatic rings. The number of nitrogens with two attached hydrogens (primary N) is 2. The van der Waals surface area contributed by atoms with E-state index in [0.29, 0.717) is 90.4 Å². The normalized spacial score (nSPS) is 17.0. The first-order chi connectivity index (χ1) is 22.0. The fourth-order valence-corrected chi connectivity index (χ4v) is 4.91. The van der Waals surface area contributed by atoms with Crippen LogP contribution in [-0.4, -0.2) is 92.2 Å². The Balaban J connectivity index is 1.41. The quantitative estimate of drug-likeness (QED) is 0.227. The molecule has 0 atom stereocenters. The lowest BCUT2D eigenvalue weighted by atomic mass is 10.1. The molecule has 0 unspecified atom stereocenters. The van der Waals surface area contributed by atoms with Crippen molar-refractivity contribution >= 4 is 33.7 Å². The summed E-state index contributed by atoms with van der Waals surface area (Å²) in [6.45, 7) is 12.5. The Kier molecular flexibility index (Phi) is 14.0. The van der Waals surface area contributed by atoms with Gasteiger partial charge in [-0.15, -0.1) is 0 Å². The molecule has 0 aliphatic carbocycles. The third kappa shape index (κ3) is 10.5. The Morgan fingerprint density at radius 2 is 1.31 bits per heavy atom. The maximum absolute atomic E-state index is 12.9. The molecule has 246 valence electrons. The third-order valence-electron chi connectivity index (χ3n) is 7.45. The molecule has 0 saturated carbocycles. The predicted octanol–water partition coefficient (Wildman–Crippen LogP) is 3.18. The highest BCUT2D eigenvalue weighted by atomic mass is 16.6. The Morgan fingerprint density at radius 1 is 0.778 bits per heavy atom. The standard InChI is InChI=1S/C33H47N5O7/c1-3-36(4-2)29-10-7-27-23-31(33(39)45-32(27)24-29)38(35)25-30(34)26-5-8-28(9-6-26)37-11-13-40-15-17-42-19-21-44-22-20-43-18-16-41-14-12-37/h5-10,23-25H,3-4,11-22,34-35H2,1-2H3/b30-25-. The molecule has 2 heterocycles. The lowest BCUT2D eigenvalue weighted by molar-refractivity contribution is -0.0116. The summed E-state index contributed by atoms with van der Waals surface area (Å²) in [5, 5.41) is 1.97. The van der Waals surface area contributed by atoms with Gasteiger partial charge in [0, 0.05) is 55.2 Å². The summed E-state index contributed by atoms with van der Waals surface area (Å²) in [5.41, 5.74) is 9.72. The molecule has 45 heavy (non-hydrogen) atoms. The van der Waals surface area contributed by atoms with Gasteiger partial charge in [-0.1, -0.05) is 12.1 Å². The number of anilines is 3. The van der Waals surface area contributed by atoms with E-state index in [9.17, 15) is 4.79 Å². The maximum atomic E-state index is 12.9. The van der Waals surface area contributed by atoms with Gasteiger partial charge >= 0.3 is 5.63 Å². The van der Waals surface area contributed by atoms with Crippen LogP contribution in [0.2, 0.25) is 0 Å². The van der Waals surface area contributed by atoms with Crippen molar-refractivity contribution in [3.8, 4) is 0 Å². The molecule has 0 radical (unpaired) electrons. The van der Waals surface area contributed by atoms with Crippen molar-refractivity contribution < 1.29 is 28.1 Å². The van der Waals surface area contributed by atoms with Crippen LogP contribution in [-0.2, 0) is 23.7 Å². The van der Waals surface area contributed by atoms with Crippen LogP contribution in [0, 0.1) is 0 Å². The number of benzene rings is 2. The van der Waals surface area contributed by atoms with E-state index in [0.717, 1.165) is 35.4 Å². The molecule has 4 N–H and O–H groups in total. The van der Waals surface area contributed by atoms with Crippen LogP contribution in [0.4, 0.5) is 17.1 Å². The summed E-state index contributed by atoms with van der Waals surface area (Å²) in [5.74, 6) is 6.28. The van der Waals surface area contributed by atoms with E-state index >= 15 is 0 Å². The zero-order valence-electron chi connectivity index (χ0n) is 26.4. The van der Waals surface area contributed by atoms with Gasteiger partial charge in [-0.25, -0.2) is 10.6 Å². The van der Waals surface area contributed by atoms with Crippen LogP contribution in [0.3, 0.4) is 0 Å². The fraction of sp³-hybridized carbons (Fsp3) is 0.485. The Morgan fingerprint density at radius 3 is 1.84 bits per heavy atom. The molecule has 1 aromatic heterocycles. The predicted molar refractivity (Wildman–Crippen MR) is 178 cm³/mol. The van der Waals surface area contributed by atoms with E-state index in [-0.39, 0.29) is 5.69 Å². The third-order valence-corrected chi connectivity index (χ3v) is 7.45. The number of hydrazine groups is 1. The number of rotatable bonds is 7. The largest absolute Gasteiger partial charge is 0.421 e. The molecule has 12 nitrogen and oxygen atoms in total. The van der Waals surface area contributed by atoms with Crippen LogP contribution in [0.25, 0.3) is 16.7 Å². The molecule has 1 fully saturated rings. The molecule has 3 aromatic rings. The first-order valence-electron chi connectivity index (χ1n) is 15.6. The molecular formula is C33H47N5O7. The molecule has 12 heteroatoms. The second kappa shape index (κ2) is 18.4. The smallest absolute Gasteiger partial charge is 0.361 e. The highest BCUT2D eigenvalue weighted by molar-refractivity contribution is 5.83. The van der Waals surface area contributed by atoms with E-state index in [1.807, 2.05) is 42.5 Å². The monoisotopic (exact) mass is 625 g/mol. The molecule has 0 bridgehead atoms. The van der Waals surface area contributed by atoms with Gasteiger partial charge in [-0.3, -0.25) is 5.01 Å². The lowest BCUT2D eigenvalue weighted by Gasteiger charge is -2.25. The van der Waals surface area contributed by atoms with Crippen LogP contribution in [0.5, 0.6) is 0 Å². The van der Waals surface area contributed by atoms with Crippen molar-refractivity contribution in [2.24, 2.45) is 11.6 Å². The Bertz CT molecular complexity index is 1380. The number of hydrogen-bond donors (Lipinski definition) is 2. The molecule has 2 aromatic carbocycles. The van der Waals surface area contributed by atoms with Gasteiger partial charge in [0.15, 0.2) is 0 Å². The van der Waals surface area contributed by atoms with E-state index in [2.05, 4.69) is 23.6 Å². The van der Waals surface area contributed by atoms with Gasteiger partial charge in [0.2, 0.25) is 0 Å². The van der Waals surface area contributed by atoms with Crippen molar-refractivity contribution in [3.05, 3.63) is 70.7 Å². The van der Waals surface area contributed by atoms with Crippen LogP contribution < -0.4 is 32.0 Å². The minimum absolute atomic E-state index is 0.185. The van der Waals surface area contributed by atoms with Gasteiger partial charge in [0.25, 0.3) is 0 Å². The topological polar surface area (TPSA) is 138 Å². The minimum Gasteiger partial charge on any atom is -0.421 e. The van der Waals surface area contributed by atoms with Crippen molar-refractivity contribution in [1.82, 2.24) is 0 Å². The molecule has 1 aliphatic heterocycles. The Labute approximate surface area is 265 Å². The van der Waals surface area contributed by atoms with Gasteiger partial charge in [0.1, 0.15) is 11.3 Å². The average molecular weight is 626 g/mol. The molecule has 4 rings (SSSR count). The molecule has 1 saturated heterocycles. The van der Waals surface area contributed by atoms with E-state index in [1.165, 1.54) is 11.2 Å². The fourth-order valence-electron chi connectivity index (χ4n) is 4.91. The highest BCUT2D eigenvalue weighted by Gasteiger charge is 2.13. The van der Waals surface area contributed by atoms with Gasteiger partial charge < -0.3 is 43.6 Å². The maximum Gasteiger partial charge on any atom is 0.361 e. The first-order valence-corrected chi connectivity index (χ1v) is 15.6. The van der Waals surface area contributed by atoms with E-state index < -0.39 is 5.63 Å². The number of hydrogen-bond acceptors (Lipinski definition) is 12. The average Bonchev–Trinajstić information content (AvgIpc) is 3.05. The number of nitrogens with zero attached hydrogens (tertiary/aromatic N) is 3. The Hall–Kier alpha value is -3.65. The summed E-state index contributed by atoms with van der Waals surface area (Å²) in [6.07, 6.45) is 1.52. The second-order valence-electron chi connectivity index (χ2n) is 10.4. The molecular weight excluding hydrogens is 578 g/mol. The highest BCUT2D eigenvalue weighted by Crippen LogP contribution is 2.24. The van der Waals surface area contributed by atoms with Crippen LogP contribution in [0.1, 0.15) is 19.4 Å². The number of ether oxygens (including phenoxy) is 5. The first kappa shape index (κ1) is 34.2. The van der Waals surface area contributed by atoms with Gasteiger partial charge in [-0.2, -0.15) is 0 Å². The summed E-state index contributed by atoms with van der Waals surface area (Å²) in [4.78, 5) is 17.2. The van der Waals surface area contributed by atoms with Crippen molar-refractivity contribution in [2.45, 2.75) is 13.8 Å².